The molecule has 1 saturated carbocycles. The van der Waals surface area contributed by atoms with E-state index in [4.69, 9.17) is 4.42 Å². The maximum atomic E-state index is 13.6. The van der Waals surface area contributed by atoms with E-state index in [0.29, 0.717) is 6.42 Å². The average Bonchev–Trinajstić information content (AvgIpc) is 3.21. The normalized spacial score (nSPS) is 18.9. The van der Waals surface area contributed by atoms with Crippen LogP contribution in [0, 0.1) is 13.8 Å². The third-order valence-corrected chi connectivity index (χ3v) is 5.80. The van der Waals surface area contributed by atoms with Gasteiger partial charge in [0.25, 0.3) is 0 Å². The van der Waals surface area contributed by atoms with E-state index >= 15 is 0 Å². The molecule has 0 N–H and O–H groups in total. The molecule has 28 heavy (non-hydrogen) atoms. The Hall–Kier alpha value is -2.75. The lowest BCUT2D eigenvalue weighted by atomic mass is 9.93. The lowest BCUT2D eigenvalue weighted by Crippen LogP contribution is -2.09. The van der Waals surface area contributed by atoms with Gasteiger partial charge in [-0.25, -0.2) is 8.78 Å². The Balaban J connectivity index is 1.66. The van der Waals surface area contributed by atoms with E-state index in [-0.39, 0.29) is 18.8 Å². The average molecular weight is 377 g/mol. The third kappa shape index (κ3) is 2.88. The summed E-state index contributed by atoms with van der Waals surface area (Å²) in [6, 6.07) is 14.3. The first kappa shape index (κ1) is 17.4. The molecule has 0 radical (unpaired) electrons. The van der Waals surface area contributed by atoms with Gasteiger partial charge in [-0.3, -0.25) is 4.98 Å². The van der Waals surface area contributed by atoms with Gasteiger partial charge in [0.05, 0.1) is 5.69 Å². The van der Waals surface area contributed by atoms with Crippen LogP contribution in [0.25, 0.3) is 33.0 Å². The summed E-state index contributed by atoms with van der Waals surface area (Å²) >= 11 is 0. The van der Waals surface area contributed by atoms with E-state index in [1.807, 2.05) is 37.3 Å². The first-order valence-electron chi connectivity index (χ1n) is 9.67. The number of hydrogen-bond acceptors (Lipinski definition) is 2. The van der Waals surface area contributed by atoms with Crippen LogP contribution in [-0.4, -0.2) is 10.9 Å². The Morgan fingerprint density at radius 2 is 1.89 bits per heavy atom. The van der Waals surface area contributed by atoms with E-state index in [2.05, 4.69) is 24.0 Å². The number of benzene rings is 2. The lowest BCUT2D eigenvalue weighted by Gasteiger charge is -2.13. The molecule has 1 fully saturated rings. The van der Waals surface area contributed by atoms with Crippen molar-refractivity contribution in [2.45, 2.75) is 45.0 Å². The number of hydrogen-bond donors (Lipinski definition) is 0. The molecule has 1 unspecified atom stereocenters. The molecule has 2 aromatic carbocycles. The summed E-state index contributed by atoms with van der Waals surface area (Å²) < 4.78 is 33.3. The topological polar surface area (TPSA) is 26.0 Å². The van der Waals surface area contributed by atoms with Crippen molar-refractivity contribution < 1.29 is 13.2 Å². The number of aromatic nitrogens is 1. The molecule has 1 aliphatic carbocycles. The number of fused-ring (bicyclic) bond motifs is 2. The van der Waals surface area contributed by atoms with Gasteiger partial charge in [0, 0.05) is 35.4 Å². The SMILES string of the molecule is Cc1cc(-c2nccc3cc(C4CCC(F)(F)C4)ccc23)c2oc(C)cc2c1. The quantitative estimate of drug-likeness (QED) is 0.370. The predicted octanol–water partition coefficient (Wildman–Crippen LogP) is 7.17. The van der Waals surface area contributed by atoms with Crippen LogP contribution < -0.4 is 0 Å². The van der Waals surface area contributed by atoms with Crippen molar-refractivity contribution in [2.75, 3.05) is 0 Å². The standard InChI is InChI=1S/C24H21F2NO/c1-14-9-19-11-15(2)28-23(19)21(10-14)22-20-4-3-16(12-17(20)6-8-27-22)18-5-7-24(25,26)13-18/h3-4,6,8-12,18H,5,7,13H2,1-2H3. The predicted molar refractivity (Wildman–Crippen MR) is 108 cm³/mol. The number of rotatable bonds is 2. The number of aryl methyl sites for hydroxylation is 2. The molecule has 1 aliphatic rings. The number of furan rings is 1. The van der Waals surface area contributed by atoms with Crippen LogP contribution in [-0.2, 0) is 0 Å². The van der Waals surface area contributed by atoms with Crippen molar-refractivity contribution in [2.24, 2.45) is 0 Å². The first-order chi connectivity index (χ1) is 13.4. The van der Waals surface area contributed by atoms with Gasteiger partial charge in [0.15, 0.2) is 0 Å². The van der Waals surface area contributed by atoms with Crippen molar-refractivity contribution in [3.63, 3.8) is 0 Å². The lowest BCUT2D eigenvalue weighted by molar-refractivity contribution is 0.00777. The fourth-order valence-corrected chi connectivity index (χ4v) is 4.51. The summed E-state index contributed by atoms with van der Waals surface area (Å²) in [6.07, 6.45) is 2.26. The minimum absolute atomic E-state index is 0.0174. The highest BCUT2D eigenvalue weighted by Crippen LogP contribution is 2.45. The highest BCUT2D eigenvalue weighted by molar-refractivity contribution is 6.02. The molecule has 2 heterocycles. The van der Waals surface area contributed by atoms with Crippen molar-refractivity contribution in [3.05, 3.63) is 65.5 Å². The highest BCUT2D eigenvalue weighted by Gasteiger charge is 2.39. The van der Waals surface area contributed by atoms with Gasteiger partial charge in [-0.2, -0.15) is 0 Å². The monoisotopic (exact) mass is 377 g/mol. The van der Waals surface area contributed by atoms with Crippen LogP contribution in [0.4, 0.5) is 8.78 Å². The Bertz CT molecular complexity index is 1210. The third-order valence-electron chi connectivity index (χ3n) is 5.80. The zero-order valence-corrected chi connectivity index (χ0v) is 15.9. The smallest absolute Gasteiger partial charge is 0.248 e. The zero-order chi connectivity index (χ0) is 19.5. The summed E-state index contributed by atoms with van der Waals surface area (Å²) in [5.74, 6) is -1.74. The fourth-order valence-electron chi connectivity index (χ4n) is 4.51. The number of pyridine rings is 1. The van der Waals surface area contributed by atoms with Crippen molar-refractivity contribution >= 4 is 21.7 Å². The second-order valence-electron chi connectivity index (χ2n) is 8.02. The van der Waals surface area contributed by atoms with Crippen LogP contribution in [0.1, 0.15) is 42.1 Å². The van der Waals surface area contributed by atoms with Gasteiger partial charge in [-0.1, -0.05) is 18.2 Å². The maximum Gasteiger partial charge on any atom is 0.248 e. The summed E-state index contributed by atoms with van der Waals surface area (Å²) in [7, 11) is 0. The molecule has 0 spiro atoms. The molecule has 0 bridgehead atoms. The molecule has 2 nitrogen and oxygen atoms in total. The molecule has 2 aromatic heterocycles. The van der Waals surface area contributed by atoms with Gasteiger partial charge in [-0.15, -0.1) is 0 Å². The summed E-state index contributed by atoms with van der Waals surface area (Å²) in [6.45, 7) is 4.01. The van der Waals surface area contributed by atoms with Crippen LogP contribution in [0.3, 0.4) is 0 Å². The molecule has 142 valence electrons. The van der Waals surface area contributed by atoms with Gasteiger partial charge in [0.1, 0.15) is 11.3 Å². The van der Waals surface area contributed by atoms with Crippen molar-refractivity contribution in [1.29, 1.82) is 0 Å². The van der Waals surface area contributed by atoms with E-state index in [1.165, 1.54) is 0 Å². The molecule has 1 atom stereocenters. The molecule has 5 rings (SSSR count). The van der Waals surface area contributed by atoms with E-state index in [9.17, 15) is 8.78 Å². The van der Waals surface area contributed by atoms with E-state index < -0.39 is 5.92 Å². The number of alkyl halides is 2. The molecule has 0 amide bonds. The number of nitrogens with zero attached hydrogens (tertiary/aromatic N) is 1. The van der Waals surface area contributed by atoms with E-state index in [0.717, 1.165) is 49.9 Å². The van der Waals surface area contributed by atoms with Crippen molar-refractivity contribution in [1.82, 2.24) is 4.98 Å². The Morgan fingerprint density at radius 3 is 2.68 bits per heavy atom. The summed E-state index contributed by atoms with van der Waals surface area (Å²) in [4.78, 5) is 4.65. The minimum atomic E-state index is -2.53. The second-order valence-corrected chi connectivity index (χ2v) is 8.02. The minimum Gasteiger partial charge on any atom is -0.461 e. The van der Waals surface area contributed by atoms with Gasteiger partial charge < -0.3 is 4.42 Å². The molecule has 0 aliphatic heterocycles. The Kier molecular flexibility index (Phi) is 3.80. The van der Waals surface area contributed by atoms with Crippen LogP contribution in [0.5, 0.6) is 0 Å². The van der Waals surface area contributed by atoms with Gasteiger partial charge in [-0.05, 0) is 67.0 Å². The Labute approximate surface area is 162 Å². The molecule has 4 aromatic rings. The summed E-state index contributed by atoms with van der Waals surface area (Å²) in [5, 5.41) is 3.10. The fraction of sp³-hybridized carbons (Fsp3) is 0.292. The largest absolute Gasteiger partial charge is 0.461 e. The van der Waals surface area contributed by atoms with Crippen LogP contribution >= 0.6 is 0 Å². The zero-order valence-electron chi connectivity index (χ0n) is 15.9. The van der Waals surface area contributed by atoms with Crippen LogP contribution in [0.2, 0.25) is 0 Å². The maximum absolute atomic E-state index is 13.6. The summed E-state index contributed by atoms with van der Waals surface area (Å²) in [5.41, 5.74) is 4.80. The Morgan fingerprint density at radius 1 is 1.04 bits per heavy atom. The molecular formula is C24H21F2NO. The van der Waals surface area contributed by atoms with Crippen LogP contribution in [0.15, 0.2) is 53.1 Å². The number of halogens is 2. The second kappa shape index (κ2) is 6.13. The molecular weight excluding hydrogens is 356 g/mol. The molecule has 4 heteroatoms. The van der Waals surface area contributed by atoms with Gasteiger partial charge in [0.2, 0.25) is 5.92 Å². The molecule has 0 saturated heterocycles. The van der Waals surface area contributed by atoms with Gasteiger partial charge >= 0.3 is 0 Å². The first-order valence-corrected chi connectivity index (χ1v) is 9.67. The van der Waals surface area contributed by atoms with E-state index in [1.54, 1.807) is 6.20 Å². The van der Waals surface area contributed by atoms with Crippen molar-refractivity contribution in [3.8, 4) is 11.3 Å². The highest BCUT2D eigenvalue weighted by atomic mass is 19.3.